The van der Waals surface area contributed by atoms with E-state index >= 15 is 0 Å². The van der Waals surface area contributed by atoms with Crippen molar-refractivity contribution >= 4 is 15.8 Å². The van der Waals surface area contributed by atoms with Gasteiger partial charge in [-0.2, -0.15) is 0 Å². The Morgan fingerprint density at radius 2 is 2.00 bits per heavy atom. The minimum absolute atomic E-state index is 0. The summed E-state index contributed by atoms with van der Waals surface area (Å²) in [5.41, 5.74) is 0.399. The lowest BCUT2D eigenvalue weighted by Crippen LogP contribution is -3.00. The highest BCUT2D eigenvalue weighted by atomic mass is 35.5. The van der Waals surface area contributed by atoms with Crippen LogP contribution in [0.15, 0.2) is 29.2 Å². The summed E-state index contributed by atoms with van der Waals surface area (Å²) < 4.78 is 32.3. The Morgan fingerprint density at radius 1 is 1.30 bits per heavy atom. The first-order valence-corrected chi connectivity index (χ1v) is 8.88. The number of hydrogen-bond donors (Lipinski definition) is 1. The number of Topliss-reactive ketones (excluding diaryl/α,β-unsaturated/α-hetero) is 1. The maximum atomic E-state index is 12.2. The minimum Gasteiger partial charge on any atom is -1.00 e. The Kier molecular flexibility index (Phi) is 8.15. The number of rotatable bonds is 7. The summed E-state index contributed by atoms with van der Waals surface area (Å²) in [6.07, 6.45) is 0.742. The second-order valence-corrected chi connectivity index (χ2v) is 7.06. The van der Waals surface area contributed by atoms with E-state index in [0.717, 1.165) is 39.3 Å². The highest BCUT2D eigenvalue weighted by molar-refractivity contribution is 7.89. The van der Waals surface area contributed by atoms with Crippen molar-refractivity contribution in [2.75, 3.05) is 39.4 Å². The summed E-state index contributed by atoms with van der Waals surface area (Å²) in [6, 6.07) is 6.10. The standard InChI is InChI=1S/C15H22N2O4S.ClH/c1-13(18)14-4-2-5-15(12-14)22(19,20)16-6-3-7-17-8-10-21-11-9-17;/h2,4-5,12,16H,3,6-11H2,1H3;1H/p-1. The molecule has 1 aliphatic heterocycles. The van der Waals surface area contributed by atoms with Crippen LogP contribution >= 0.6 is 0 Å². The van der Waals surface area contributed by atoms with Crippen molar-refractivity contribution in [2.45, 2.75) is 18.2 Å². The van der Waals surface area contributed by atoms with Gasteiger partial charge in [-0.05, 0) is 32.0 Å². The van der Waals surface area contributed by atoms with E-state index in [4.69, 9.17) is 4.74 Å². The lowest BCUT2D eigenvalue weighted by Gasteiger charge is -2.26. The first kappa shape index (κ1) is 20.1. The molecule has 1 aromatic carbocycles. The molecule has 0 unspecified atom stereocenters. The van der Waals surface area contributed by atoms with Crippen molar-refractivity contribution in [1.29, 1.82) is 0 Å². The number of nitrogens with one attached hydrogen (secondary N) is 1. The Balaban J connectivity index is 0.00000264. The van der Waals surface area contributed by atoms with E-state index < -0.39 is 10.0 Å². The molecule has 23 heavy (non-hydrogen) atoms. The first-order valence-electron chi connectivity index (χ1n) is 7.40. The lowest BCUT2D eigenvalue weighted by molar-refractivity contribution is -0.0000165. The molecule has 2 rings (SSSR count). The van der Waals surface area contributed by atoms with Crippen molar-refractivity contribution < 1.29 is 30.4 Å². The predicted molar refractivity (Wildman–Crippen MR) is 83.5 cm³/mol. The minimum atomic E-state index is -3.56. The molecule has 1 aliphatic rings. The van der Waals surface area contributed by atoms with Crippen LogP contribution in [-0.4, -0.2) is 58.5 Å². The molecule has 0 aliphatic carbocycles. The monoisotopic (exact) mass is 361 g/mol. The molecule has 6 nitrogen and oxygen atoms in total. The average molecular weight is 362 g/mol. The van der Waals surface area contributed by atoms with Gasteiger partial charge in [0, 0.05) is 25.2 Å². The number of morpholine rings is 1. The van der Waals surface area contributed by atoms with Crippen molar-refractivity contribution in [3.8, 4) is 0 Å². The maximum Gasteiger partial charge on any atom is 0.240 e. The van der Waals surface area contributed by atoms with Crippen LogP contribution < -0.4 is 17.1 Å². The molecule has 0 spiro atoms. The molecule has 1 heterocycles. The normalized spacial score (nSPS) is 15.9. The van der Waals surface area contributed by atoms with Crippen molar-refractivity contribution in [3.05, 3.63) is 29.8 Å². The van der Waals surface area contributed by atoms with Gasteiger partial charge in [-0.15, -0.1) is 0 Å². The van der Waals surface area contributed by atoms with Crippen LogP contribution in [0.4, 0.5) is 0 Å². The van der Waals surface area contributed by atoms with E-state index in [1.165, 1.54) is 19.1 Å². The van der Waals surface area contributed by atoms with E-state index in [2.05, 4.69) is 9.62 Å². The summed E-state index contributed by atoms with van der Waals surface area (Å²) in [7, 11) is -3.56. The number of halogens is 1. The third-order valence-corrected chi connectivity index (χ3v) is 5.06. The van der Waals surface area contributed by atoms with Crippen LogP contribution in [0.5, 0.6) is 0 Å². The lowest BCUT2D eigenvalue weighted by atomic mass is 10.2. The second kappa shape index (κ2) is 9.34. The molecule has 0 bridgehead atoms. The molecular formula is C15H22ClN2O4S-. The third kappa shape index (κ3) is 6.19. The van der Waals surface area contributed by atoms with Gasteiger partial charge in [-0.1, -0.05) is 12.1 Å². The van der Waals surface area contributed by atoms with Gasteiger partial charge in [0.2, 0.25) is 10.0 Å². The zero-order chi connectivity index (χ0) is 16.0. The zero-order valence-corrected chi connectivity index (χ0v) is 14.7. The number of carbonyl (C=O) groups excluding carboxylic acids is 1. The van der Waals surface area contributed by atoms with Crippen LogP contribution in [0.3, 0.4) is 0 Å². The number of ether oxygens (including phenoxy) is 1. The molecule has 1 saturated heterocycles. The van der Waals surface area contributed by atoms with Gasteiger partial charge < -0.3 is 17.1 Å². The third-order valence-electron chi connectivity index (χ3n) is 3.60. The Morgan fingerprint density at radius 3 is 2.65 bits per heavy atom. The van der Waals surface area contributed by atoms with E-state index in [1.54, 1.807) is 12.1 Å². The maximum absolute atomic E-state index is 12.2. The fraction of sp³-hybridized carbons (Fsp3) is 0.533. The van der Waals surface area contributed by atoms with Gasteiger partial charge >= 0.3 is 0 Å². The van der Waals surface area contributed by atoms with Crippen molar-refractivity contribution in [2.24, 2.45) is 0 Å². The second-order valence-electron chi connectivity index (χ2n) is 5.29. The number of benzene rings is 1. The van der Waals surface area contributed by atoms with E-state index in [0.29, 0.717) is 12.1 Å². The molecule has 0 atom stereocenters. The molecule has 0 radical (unpaired) electrons. The number of ketones is 1. The van der Waals surface area contributed by atoms with Gasteiger partial charge in [0.25, 0.3) is 0 Å². The van der Waals surface area contributed by atoms with Gasteiger partial charge in [-0.3, -0.25) is 9.69 Å². The molecule has 1 N–H and O–H groups in total. The summed E-state index contributed by atoms with van der Waals surface area (Å²) in [5.74, 6) is -0.149. The van der Waals surface area contributed by atoms with Gasteiger partial charge in [0.05, 0.1) is 18.1 Å². The first-order chi connectivity index (χ1) is 10.5. The predicted octanol–water partition coefficient (Wildman–Crippen LogP) is -2.11. The topological polar surface area (TPSA) is 75.7 Å². The van der Waals surface area contributed by atoms with Crippen LogP contribution in [0, 0.1) is 0 Å². The van der Waals surface area contributed by atoms with Gasteiger partial charge in [-0.25, -0.2) is 13.1 Å². The van der Waals surface area contributed by atoms with Gasteiger partial charge in [0.15, 0.2) is 5.78 Å². The molecule has 8 heteroatoms. The number of sulfonamides is 1. The van der Waals surface area contributed by atoms with Crippen LogP contribution in [0.25, 0.3) is 0 Å². The fourth-order valence-electron chi connectivity index (χ4n) is 2.30. The summed E-state index contributed by atoms with van der Waals surface area (Å²) in [4.78, 5) is 13.7. The largest absolute Gasteiger partial charge is 1.00 e. The van der Waals surface area contributed by atoms with Crippen molar-refractivity contribution in [3.63, 3.8) is 0 Å². The molecule has 130 valence electrons. The van der Waals surface area contributed by atoms with E-state index in [1.807, 2.05) is 0 Å². The van der Waals surface area contributed by atoms with Crippen LogP contribution in [-0.2, 0) is 14.8 Å². The zero-order valence-electron chi connectivity index (χ0n) is 13.1. The highest BCUT2D eigenvalue weighted by Gasteiger charge is 2.15. The Labute approximate surface area is 143 Å². The Hall–Kier alpha value is -0.990. The van der Waals surface area contributed by atoms with Crippen LogP contribution in [0.2, 0.25) is 0 Å². The van der Waals surface area contributed by atoms with Gasteiger partial charge in [0.1, 0.15) is 0 Å². The highest BCUT2D eigenvalue weighted by Crippen LogP contribution is 2.12. The van der Waals surface area contributed by atoms with Crippen molar-refractivity contribution in [1.82, 2.24) is 9.62 Å². The quantitative estimate of drug-likeness (QED) is 0.444. The number of nitrogens with zero attached hydrogens (tertiary/aromatic N) is 1. The van der Waals surface area contributed by atoms with E-state index in [-0.39, 0.29) is 23.1 Å². The molecule has 0 saturated carbocycles. The van der Waals surface area contributed by atoms with E-state index in [9.17, 15) is 13.2 Å². The van der Waals surface area contributed by atoms with Crippen LogP contribution in [0.1, 0.15) is 23.7 Å². The molecule has 0 aromatic heterocycles. The Bertz CT molecular complexity index is 616. The smallest absolute Gasteiger partial charge is 0.240 e. The fourth-order valence-corrected chi connectivity index (χ4v) is 3.42. The average Bonchev–Trinajstić information content (AvgIpc) is 2.53. The molecular weight excluding hydrogens is 340 g/mol. The molecule has 1 fully saturated rings. The summed E-state index contributed by atoms with van der Waals surface area (Å²) in [6.45, 7) is 5.92. The summed E-state index contributed by atoms with van der Waals surface area (Å²) in [5, 5.41) is 0. The molecule has 1 aromatic rings. The number of hydrogen-bond acceptors (Lipinski definition) is 5. The SMILES string of the molecule is CC(=O)c1cccc(S(=O)(=O)NCCCN2CCOCC2)c1.[Cl-]. The summed E-state index contributed by atoms with van der Waals surface area (Å²) >= 11 is 0. The number of carbonyl (C=O) groups is 1. The molecule has 0 amide bonds.